The lowest BCUT2D eigenvalue weighted by atomic mass is 9.92. The lowest BCUT2D eigenvalue weighted by molar-refractivity contribution is 0.317. The highest BCUT2D eigenvalue weighted by atomic mass is 32.2. The molecule has 0 fully saturated rings. The smallest absolute Gasteiger partial charge is 0.197 e. The molecule has 0 bridgehead atoms. The Kier molecular flexibility index (Phi) is 7.06. The van der Waals surface area contributed by atoms with Gasteiger partial charge in [0.2, 0.25) is 0 Å². The molecular formula is C22H27N3O3S. The molecule has 0 saturated carbocycles. The van der Waals surface area contributed by atoms with Crippen molar-refractivity contribution in [2.24, 2.45) is 12.8 Å². The van der Waals surface area contributed by atoms with Crippen LogP contribution >= 0.6 is 0 Å². The van der Waals surface area contributed by atoms with Gasteiger partial charge in [0.05, 0.1) is 18.7 Å². The van der Waals surface area contributed by atoms with E-state index in [-0.39, 0.29) is 16.7 Å². The molecule has 0 saturated heterocycles. The number of aryl methyl sites for hydroxylation is 1. The van der Waals surface area contributed by atoms with Crippen molar-refractivity contribution in [3.05, 3.63) is 78.2 Å². The van der Waals surface area contributed by atoms with E-state index in [1.165, 1.54) is 18.1 Å². The predicted octanol–water partition coefficient (Wildman–Crippen LogP) is 2.95. The lowest BCUT2D eigenvalue weighted by Gasteiger charge is -2.16. The Morgan fingerprint density at radius 1 is 1.14 bits per heavy atom. The van der Waals surface area contributed by atoms with Crippen molar-refractivity contribution in [3.63, 3.8) is 0 Å². The van der Waals surface area contributed by atoms with Crippen LogP contribution in [-0.2, 0) is 23.3 Å². The second-order valence-corrected chi connectivity index (χ2v) is 9.15. The van der Waals surface area contributed by atoms with Gasteiger partial charge in [-0.1, -0.05) is 42.5 Å². The summed E-state index contributed by atoms with van der Waals surface area (Å²) in [5.41, 5.74) is 8.38. The largest absolute Gasteiger partial charge is 0.494 e. The highest BCUT2D eigenvalue weighted by Gasteiger charge is 2.17. The molecule has 1 atom stereocenters. The van der Waals surface area contributed by atoms with Crippen molar-refractivity contribution < 1.29 is 13.2 Å². The molecule has 6 nitrogen and oxygen atoms in total. The molecule has 7 heteroatoms. The van der Waals surface area contributed by atoms with Crippen LogP contribution in [0.1, 0.15) is 23.5 Å². The normalized spacial score (nSPS) is 12.6. The minimum atomic E-state index is -3.38. The fraction of sp³-hybridized carbons (Fsp3) is 0.318. The highest BCUT2D eigenvalue weighted by molar-refractivity contribution is 7.91. The van der Waals surface area contributed by atoms with Gasteiger partial charge in [0.15, 0.2) is 14.9 Å². The summed E-state index contributed by atoms with van der Waals surface area (Å²) in [6.07, 6.45) is 4.26. The zero-order valence-corrected chi connectivity index (χ0v) is 17.4. The fourth-order valence-electron chi connectivity index (χ4n) is 3.19. The number of sulfone groups is 1. The van der Waals surface area contributed by atoms with Gasteiger partial charge < -0.3 is 15.0 Å². The highest BCUT2D eigenvalue weighted by Crippen LogP contribution is 2.24. The Balaban J connectivity index is 1.55. The van der Waals surface area contributed by atoms with Gasteiger partial charge in [-0.2, -0.15) is 0 Å². The number of rotatable bonds is 10. The average molecular weight is 414 g/mol. The minimum absolute atomic E-state index is 0.00311. The predicted molar refractivity (Wildman–Crippen MR) is 114 cm³/mol. The third-order valence-corrected chi connectivity index (χ3v) is 6.44. The van der Waals surface area contributed by atoms with E-state index in [1.54, 1.807) is 11.6 Å². The fourth-order valence-corrected chi connectivity index (χ4v) is 4.43. The molecular weight excluding hydrogens is 386 g/mol. The number of imidazole rings is 1. The van der Waals surface area contributed by atoms with E-state index < -0.39 is 9.84 Å². The summed E-state index contributed by atoms with van der Waals surface area (Å²) >= 11 is 0. The first kappa shape index (κ1) is 21.1. The Morgan fingerprint density at radius 2 is 1.93 bits per heavy atom. The van der Waals surface area contributed by atoms with Gasteiger partial charge in [-0.05, 0) is 42.6 Å². The van der Waals surface area contributed by atoms with Gasteiger partial charge in [0.1, 0.15) is 5.75 Å². The number of aromatic nitrogens is 2. The van der Waals surface area contributed by atoms with Crippen molar-refractivity contribution in [1.29, 1.82) is 0 Å². The molecule has 0 spiro atoms. The molecule has 0 aliphatic rings. The summed E-state index contributed by atoms with van der Waals surface area (Å²) in [6, 6.07) is 18.1. The molecule has 1 aromatic heterocycles. The molecule has 29 heavy (non-hydrogen) atoms. The standard InChI is InChI=1S/C22H27N3O3S/c1-25-16-22(24-17-25)29(26,27)12-6-11-28-21-10-5-9-19(14-21)20(15-23)13-18-7-3-2-4-8-18/h2-5,7-10,14,16-17,20H,6,11-13,15,23H2,1H3. The van der Waals surface area contributed by atoms with Crippen LogP contribution in [0.5, 0.6) is 5.75 Å². The molecule has 0 aliphatic carbocycles. The van der Waals surface area contributed by atoms with Crippen LogP contribution in [0.3, 0.4) is 0 Å². The number of nitrogens with zero attached hydrogens (tertiary/aromatic N) is 2. The summed E-state index contributed by atoms with van der Waals surface area (Å²) in [5.74, 6) is 0.929. The molecule has 154 valence electrons. The zero-order valence-electron chi connectivity index (χ0n) is 16.6. The van der Waals surface area contributed by atoms with Crippen LogP contribution in [-0.4, -0.2) is 36.9 Å². The van der Waals surface area contributed by atoms with Crippen molar-refractivity contribution in [2.45, 2.75) is 23.8 Å². The molecule has 0 aliphatic heterocycles. The Morgan fingerprint density at radius 3 is 2.62 bits per heavy atom. The summed E-state index contributed by atoms with van der Waals surface area (Å²) in [6.45, 7) is 0.863. The maximum Gasteiger partial charge on any atom is 0.197 e. The van der Waals surface area contributed by atoms with Gasteiger partial charge in [-0.3, -0.25) is 0 Å². The number of nitrogens with two attached hydrogens (primary N) is 1. The monoisotopic (exact) mass is 413 g/mol. The summed E-state index contributed by atoms with van der Waals surface area (Å²) in [4.78, 5) is 3.92. The minimum Gasteiger partial charge on any atom is -0.494 e. The van der Waals surface area contributed by atoms with E-state index in [1.807, 2.05) is 36.4 Å². The van der Waals surface area contributed by atoms with Crippen LogP contribution in [0.2, 0.25) is 0 Å². The Hall–Kier alpha value is -2.64. The van der Waals surface area contributed by atoms with Crippen molar-refractivity contribution in [1.82, 2.24) is 9.55 Å². The van der Waals surface area contributed by atoms with E-state index in [4.69, 9.17) is 10.5 Å². The molecule has 3 aromatic rings. The molecule has 1 heterocycles. The molecule has 0 radical (unpaired) electrons. The van der Waals surface area contributed by atoms with E-state index in [0.29, 0.717) is 19.6 Å². The number of ether oxygens (including phenoxy) is 1. The summed E-state index contributed by atoms with van der Waals surface area (Å²) in [5, 5.41) is 0.105. The van der Waals surface area contributed by atoms with E-state index >= 15 is 0 Å². The van der Waals surface area contributed by atoms with Crippen LogP contribution in [0.4, 0.5) is 0 Å². The summed E-state index contributed by atoms with van der Waals surface area (Å²) < 4.78 is 32.0. The zero-order chi connectivity index (χ0) is 20.7. The van der Waals surface area contributed by atoms with Crippen LogP contribution < -0.4 is 10.5 Å². The maximum atomic E-state index is 12.3. The van der Waals surface area contributed by atoms with Crippen LogP contribution in [0.25, 0.3) is 0 Å². The van der Waals surface area contributed by atoms with E-state index in [9.17, 15) is 8.42 Å². The van der Waals surface area contributed by atoms with Crippen molar-refractivity contribution in [2.75, 3.05) is 18.9 Å². The quantitative estimate of drug-likeness (QED) is 0.517. The van der Waals surface area contributed by atoms with Gasteiger partial charge in [-0.25, -0.2) is 13.4 Å². The Labute approximate surface area is 172 Å². The third kappa shape index (κ3) is 5.92. The maximum absolute atomic E-state index is 12.3. The molecule has 2 aromatic carbocycles. The van der Waals surface area contributed by atoms with E-state index in [2.05, 4.69) is 23.2 Å². The van der Waals surface area contributed by atoms with Crippen LogP contribution in [0, 0.1) is 0 Å². The first-order chi connectivity index (χ1) is 14.0. The lowest BCUT2D eigenvalue weighted by Crippen LogP contribution is -2.15. The van der Waals surface area contributed by atoms with E-state index in [0.717, 1.165) is 17.7 Å². The Bertz CT molecular complexity index is 1020. The number of hydrogen-bond acceptors (Lipinski definition) is 5. The number of hydrogen-bond donors (Lipinski definition) is 1. The number of benzene rings is 2. The first-order valence-electron chi connectivity index (χ1n) is 9.65. The third-order valence-electron chi connectivity index (χ3n) is 4.76. The van der Waals surface area contributed by atoms with Gasteiger partial charge >= 0.3 is 0 Å². The van der Waals surface area contributed by atoms with Gasteiger partial charge in [-0.15, -0.1) is 0 Å². The molecule has 2 N–H and O–H groups in total. The summed E-state index contributed by atoms with van der Waals surface area (Å²) in [7, 11) is -1.64. The van der Waals surface area contributed by atoms with Gasteiger partial charge in [0, 0.05) is 19.2 Å². The molecule has 0 amide bonds. The van der Waals surface area contributed by atoms with Crippen molar-refractivity contribution >= 4 is 9.84 Å². The topological polar surface area (TPSA) is 87.2 Å². The second-order valence-electron chi connectivity index (χ2n) is 7.09. The molecule has 3 rings (SSSR count). The average Bonchev–Trinajstić information content (AvgIpc) is 3.18. The SMILES string of the molecule is Cn1cnc(S(=O)(=O)CCCOc2cccc(C(CN)Cc3ccccc3)c2)c1. The van der Waals surface area contributed by atoms with Gasteiger partial charge in [0.25, 0.3) is 0 Å². The van der Waals surface area contributed by atoms with Crippen LogP contribution in [0.15, 0.2) is 72.1 Å². The second kappa shape index (κ2) is 9.71. The molecule has 1 unspecified atom stereocenters. The van der Waals surface area contributed by atoms with Crippen molar-refractivity contribution in [3.8, 4) is 5.75 Å². The first-order valence-corrected chi connectivity index (χ1v) is 11.3.